The highest BCUT2D eigenvalue weighted by Crippen LogP contribution is 2.28. The predicted octanol–water partition coefficient (Wildman–Crippen LogP) is 4.80. The van der Waals surface area contributed by atoms with Gasteiger partial charge in [0.2, 0.25) is 0 Å². The standard InChI is InChI=1S/C20H26N4S/c1-6-24-16(5)19(15(4)23-24)14(3)21-11-17-12-22-20(25-17)18-10-8-7-9-13(18)2/h7-10,12,14,21H,6,11H2,1-5H3/t14-/m1/s1. The fourth-order valence-electron chi connectivity index (χ4n) is 3.33. The van der Waals surface area contributed by atoms with Gasteiger partial charge < -0.3 is 5.32 Å². The molecule has 0 unspecified atom stereocenters. The summed E-state index contributed by atoms with van der Waals surface area (Å²) in [4.78, 5) is 5.87. The Morgan fingerprint density at radius 1 is 1.20 bits per heavy atom. The predicted molar refractivity (Wildman–Crippen MR) is 105 cm³/mol. The lowest BCUT2D eigenvalue weighted by molar-refractivity contribution is 0.569. The van der Waals surface area contributed by atoms with E-state index in [1.54, 1.807) is 11.3 Å². The molecule has 2 aromatic heterocycles. The zero-order valence-corrected chi connectivity index (χ0v) is 16.4. The Bertz CT molecular complexity index is 862. The molecular formula is C20H26N4S. The monoisotopic (exact) mass is 354 g/mol. The van der Waals surface area contributed by atoms with E-state index in [0.717, 1.165) is 23.8 Å². The summed E-state index contributed by atoms with van der Waals surface area (Å²) in [5.74, 6) is 0. The summed E-state index contributed by atoms with van der Waals surface area (Å²) in [5, 5.41) is 9.35. The molecule has 132 valence electrons. The Kier molecular flexibility index (Phi) is 5.35. The average molecular weight is 355 g/mol. The quantitative estimate of drug-likeness (QED) is 0.691. The third-order valence-corrected chi connectivity index (χ3v) is 5.71. The molecule has 1 atom stereocenters. The minimum absolute atomic E-state index is 0.268. The Morgan fingerprint density at radius 2 is 1.96 bits per heavy atom. The molecule has 0 amide bonds. The lowest BCUT2D eigenvalue weighted by atomic mass is 10.1. The van der Waals surface area contributed by atoms with Crippen molar-refractivity contribution in [1.29, 1.82) is 0 Å². The first kappa shape index (κ1) is 17.8. The van der Waals surface area contributed by atoms with E-state index in [-0.39, 0.29) is 6.04 Å². The van der Waals surface area contributed by atoms with Crippen molar-refractivity contribution in [3.05, 3.63) is 57.9 Å². The van der Waals surface area contributed by atoms with Crippen LogP contribution in [0.3, 0.4) is 0 Å². The van der Waals surface area contributed by atoms with Crippen molar-refractivity contribution in [3.63, 3.8) is 0 Å². The largest absolute Gasteiger partial charge is 0.305 e. The average Bonchev–Trinajstić information content (AvgIpc) is 3.17. The summed E-state index contributed by atoms with van der Waals surface area (Å²) in [6, 6.07) is 8.68. The highest BCUT2D eigenvalue weighted by atomic mass is 32.1. The fraction of sp³-hybridized carbons (Fsp3) is 0.400. The van der Waals surface area contributed by atoms with Gasteiger partial charge in [-0.2, -0.15) is 5.10 Å². The van der Waals surface area contributed by atoms with Crippen LogP contribution in [-0.4, -0.2) is 14.8 Å². The van der Waals surface area contributed by atoms with Crippen LogP contribution in [0.4, 0.5) is 0 Å². The molecule has 0 aliphatic rings. The van der Waals surface area contributed by atoms with Crippen LogP contribution in [0.1, 0.15) is 47.3 Å². The Morgan fingerprint density at radius 3 is 2.64 bits per heavy atom. The summed E-state index contributed by atoms with van der Waals surface area (Å²) in [5.41, 5.74) is 6.17. The Labute approximate surface area is 153 Å². The number of thiazole rings is 1. The molecule has 5 heteroatoms. The number of rotatable bonds is 6. The summed E-state index contributed by atoms with van der Waals surface area (Å²) < 4.78 is 2.08. The lowest BCUT2D eigenvalue weighted by Crippen LogP contribution is -2.18. The molecule has 1 aromatic carbocycles. The van der Waals surface area contributed by atoms with E-state index in [9.17, 15) is 0 Å². The summed E-state index contributed by atoms with van der Waals surface area (Å²) >= 11 is 1.76. The fourth-order valence-corrected chi connectivity index (χ4v) is 4.28. The number of hydrogen-bond donors (Lipinski definition) is 1. The molecule has 2 heterocycles. The van der Waals surface area contributed by atoms with Crippen LogP contribution in [0.5, 0.6) is 0 Å². The van der Waals surface area contributed by atoms with Crippen LogP contribution in [0.15, 0.2) is 30.5 Å². The molecule has 3 rings (SSSR count). The minimum Gasteiger partial charge on any atom is -0.305 e. The Hall–Kier alpha value is -1.98. The molecular weight excluding hydrogens is 328 g/mol. The van der Waals surface area contributed by atoms with E-state index in [1.807, 2.05) is 6.20 Å². The molecule has 0 aliphatic heterocycles. The van der Waals surface area contributed by atoms with E-state index in [4.69, 9.17) is 0 Å². The van der Waals surface area contributed by atoms with E-state index in [0.29, 0.717) is 0 Å². The lowest BCUT2D eigenvalue weighted by Gasteiger charge is -2.14. The molecule has 0 fully saturated rings. The van der Waals surface area contributed by atoms with E-state index in [1.165, 1.54) is 27.3 Å². The van der Waals surface area contributed by atoms with Gasteiger partial charge in [0, 0.05) is 47.0 Å². The maximum absolute atomic E-state index is 4.63. The zero-order valence-electron chi connectivity index (χ0n) is 15.6. The smallest absolute Gasteiger partial charge is 0.123 e. The van der Waals surface area contributed by atoms with Crippen LogP contribution in [0.2, 0.25) is 0 Å². The molecule has 0 spiro atoms. The SMILES string of the molecule is CCn1nc(C)c([C@@H](C)NCc2cnc(-c3ccccc3C)s2)c1C. The normalized spacial score (nSPS) is 12.5. The van der Waals surface area contributed by atoms with E-state index in [2.05, 4.69) is 79.0 Å². The van der Waals surface area contributed by atoms with Crippen molar-refractivity contribution in [3.8, 4) is 10.6 Å². The summed E-state index contributed by atoms with van der Waals surface area (Å²) in [7, 11) is 0. The van der Waals surface area contributed by atoms with E-state index >= 15 is 0 Å². The molecule has 25 heavy (non-hydrogen) atoms. The van der Waals surface area contributed by atoms with Gasteiger partial charge in [0.1, 0.15) is 5.01 Å². The topological polar surface area (TPSA) is 42.7 Å². The van der Waals surface area contributed by atoms with Crippen LogP contribution in [0, 0.1) is 20.8 Å². The second-order valence-electron chi connectivity index (χ2n) is 6.45. The third kappa shape index (κ3) is 3.67. The third-order valence-electron chi connectivity index (χ3n) is 4.68. The van der Waals surface area contributed by atoms with Crippen LogP contribution >= 0.6 is 11.3 Å². The van der Waals surface area contributed by atoms with E-state index < -0.39 is 0 Å². The van der Waals surface area contributed by atoms with Gasteiger partial charge in [0.15, 0.2) is 0 Å². The Balaban J connectivity index is 1.70. The first-order valence-corrected chi connectivity index (χ1v) is 9.60. The maximum atomic E-state index is 4.63. The highest BCUT2D eigenvalue weighted by Gasteiger charge is 2.17. The number of nitrogens with one attached hydrogen (secondary N) is 1. The van der Waals surface area contributed by atoms with Crippen LogP contribution in [0.25, 0.3) is 10.6 Å². The number of nitrogens with zero attached hydrogens (tertiary/aromatic N) is 3. The molecule has 4 nitrogen and oxygen atoms in total. The van der Waals surface area contributed by atoms with Crippen LogP contribution in [-0.2, 0) is 13.1 Å². The second-order valence-corrected chi connectivity index (χ2v) is 7.56. The van der Waals surface area contributed by atoms with Crippen molar-refractivity contribution in [2.24, 2.45) is 0 Å². The first-order valence-electron chi connectivity index (χ1n) is 8.79. The number of benzene rings is 1. The van der Waals surface area contributed by atoms with Crippen molar-refractivity contribution in [1.82, 2.24) is 20.1 Å². The number of aryl methyl sites for hydroxylation is 3. The van der Waals surface area contributed by atoms with Crippen molar-refractivity contribution in [2.45, 2.75) is 53.8 Å². The highest BCUT2D eigenvalue weighted by molar-refractivity contribution is 7.15. The van der Waals surface area contributed by atoms with Gasteiger partial charge >= 0.3 is 0 Å². The van der Waals surface area contributed by atoms with Crippen molar-refractivity contribution < 1.29 is 0 Å². The molecule has 0 saturated heterocycles. The summed E-state index contributed by atoms with van der Waals surface area (Å²) in [6.07, 6.45) is 1.99. The van der Waals surface area contributed by atoms with Gasteiger partial charge in [-0.1, -0.05) is 24.3 Å². The van der Waals surface area contributed by atoms with Gasteiger partial charge in [-0.05, 0) is 40.2 Å². The summed E-state index contributed by atoms with van der Waals surface area (Å²) in [6.45, 7) is 12.4. The maximum Gasteiger partial charge on any atom is 0.123 e. The molecule has 0 saturated carbocycles. The van der Waals surface area contributed by atoms with Gasteiger partial charge in [-0.25, -0.2) is 4.98 Å². The molecule has 3 aromatic rings. The zero-order chi connectivity index (χ0) is 18.0. The second kappa shape index (κ2) is 7.50. The van der Waals surface area contributed by atoms with Gasteiger partial charge in [0.25, 0.3) is 0 Å². The van der Waals surface area contributed by atoms with Gasteiger partial charge in [-0.15, -0.1) is 11.3 Å². The van der Waals surface area contributed by atoms with Crippen molar-refractivity contribution in [2.75, 3.05) is 0 Å². The van der Waals surface area contributed by atoms with Crippen molar-refractivity contribution >= 4 is 11.3 Å². The number of hydrogen-bond acceptors (Lipinski definition) is 4. The molecule has 0 radical (unpaired) electrons. The molecule has 0 aliphatic carbocycles. The first-order chi connectivity index (χ1) is 12.0. The van der Waals surface area contributed by atoms with Crippen LogP contribution < -0.4 is 5.32 Å². The van der Waals surface area contributed by atoms with Gasteiger partial charge in [0.05, 0.1) is 5.69 Å². The minimum atomic E-state index is 0.268. The number of aromatic nitrogens is 3. The van der Waals surface area contributed by atoms with Gasteiger partial charge in [-0.3, -0.25) is 4.68 Å². The molecule has 0 bridgehead atoms. The molecule has 1 N–H and O–H groups in total.